The average Bonchev–Trinajstić information content (AvgIpc) is 2.49. The van der Waals surface area contributed by atoms with Crippen LogP contribution in [0.15, 0.2) is 18.3 Å². The molecule has 2 aromatic heterocycles. The molecule has 0 spiro atoms. The van der Waals surface area contributed by atoms with Crippen molar-refractivity contribution in [3.8, 4) is 0 Å². The molecule has 0 radical (unpaired) electrons. The molecule has 0 aliphatic carbocycles. The van der Waals surface area contributed by atoms with Gasteiger partial charge in [-0.05, 0) is 6.07 Å². The Balaban J connectivity index is 2.55. The zero-order valence-electron chi connectivity index (χ0n) is 7.27. The van der Waals surface area contributed by atoms with Crippen LogP contribution in [0.5, 0.6) is 0 Å². The second-order valence-electron chi connectivity index (χ2n) is 2.71. The van der Waals surface area contributed by atoms with Crippen LogP contribution in [0.2, 0.25) is 0 Å². The quantitative estimate of drug-likeness (QED) is 0.725. The maximum absolute atomic E-state index is 5.69. The van der Waals surface area contributed by atoms with Crippen LogP contribution in [0.25, 0.3) is 5.65 Å². The number of methoxy groups -OCH3 is 1. The maximum Gasteiger partial charge on any atom is 0.157 e. The number of fused-ring (bicyclic) bond motifs is 1. The smallest absolute Gasteiger partial charge is 0.157 e. The molecule has 5 heteroatoms. The first-order chi connectivity index (χ1) is 6.31. The molecule has 0 saturated heterocycles. The molecule has 2 heterocycles. The van der Waals surface area contributed by atoms with E-state index in [1.165, 1.54) is 0 Å². The fourth-order valence-electron chi connectivity index (χ4n) is 1.18. The molecule has 0 bridgehead atoms. The highest BCUT2D eigenvalue weighted by Gasteiger charge is 2.03. The molecule has 0 aliphatic heterocycles. The third kappa shape index (κ3) is 1.33. The molecule has 0 atom stereocenters. The summed E-state index contributed by atoms with van der Waals surface area (Å²) >= 11 is 0. The lowest BCUT2D eigenvalue weighted by atomic mass is 10.4. The van der Waals surface area contributed by atoms with Crippen molar-refractivity contribution in [2.45, 2.75) is 6.61 Å². The number of nitrogen functional groups attached to an aromatic ring is 1. The second kappa shape index (κ2) is 3.02. The molecular weight excluding hydrogens is 168 g/mol. The van der Waals surface area contributed by atoms with E-state index in [0.717, 1.165) is 11.3 Å². The summed E-state index contributed by atoms with van der Waals surface area (Å²) in [5.74, 6) is 0.576. The number of hydrogen-bond acceptors (Lipinski definition) is 4. The summed E-state index contributed by atoms with van der Waals surface area (Å²) < 4.78 is 6.54. The van der Waals surface area contributed by atoms with Crippen LogP contribution in [0.3, 0.4) is 0 Å². The highest BCUT2D eigenvalue weighted by molar-refractivity contribution is 5.45. The van der Waals surface area contributed by atoms with Gasteiger partial charge in [-0.3, -0.25) is 0 Å². The molecule has 2 rings (SSSR count). The van der Waals surface area contributed by atoms with Gasteiger partial charge in [-0.25, -0.2) is 4.98 Å². The van der Waals surface area contributed by atoms with Crippen molar-refractivity contribution in [2.24, 2.45) is 0 Å². The summed E-state index contributed by atoms with van der Waals surface area (Å²) in [6, 6.07) is 3.55. The predicted octanol–water partition coefficient (Wildman–Crippen LogP) is 0.458. The highest BCUT2D eigenvalue weighted by atomic mass is 16.5. The number of nitrogens with zero attached hydrogens (tertiary/aromatic N) is 3. The summed E-state index contributed by atoms with van der Waals surface area (Å²) in [4.78, 5) is 4.11. The molecule has 68 valence electrons. The molecular formula is C8H10N4O. The normalized spacial score (nSPS) is 10.8. The fourth-order valence-corrected chi connectivity index (χ4v) is 1.18. The predicted molar refractivity (Wildman–Crippen MR) is 48.1 cm³/mol. The van der Waals surface area contributed by atoms with Crippen molar-refractivity contribution >= 4 is 11.5 Å². The van der Waals surface area contributed by atoms with Gasteiger partial charge in [0, 0.05) is 19.4 Å². The van der Waals surface area contributed by atoms with Crippen LogP contribution in [-0.4, -0.2) is 21.7 Å². The van der Waals surface area contributed by atoms with Gasteiger partial charge >= 0.3 is 0 Å². The second-order valence-corrected chi connectivity index (χ2v) is 2.71. The Hall–Kier alpha value is -1.62. The third-order valence-electron chi connectivity index (χ3n) is 1.73. The minimum Gasteiger partial charge on any atom is -0.384 e. The largest absolute Gasteiger partial charge is 0.384 e. The minimum atomic E-state index is 0.475. The lowest BCUT2D eigenvalue weighted by molar-refractivity contribution is 0.181. The van der Waals surface area contributed by atoms with Crippen molar-refractivity contribution in [1.82, 2.24) is 14.6 Å². The Bertz CT molecular complexity index is 423. The Morgan fingerprint density at radius 3 is 3.15 bits per heavy atom. The summed E-state index contributed by atoms with van der Waals surface area (Å²) in [6.45, 7) is 0.475. The molecule has 0 aliphatic rings. The maximum atomic E-state index is 5.69. The number of rotatable bonds is 2. The molecule has 0 unspecified atom stereocenters. The number of anilines is 1. The SMILES string of the molecule is COCc1cc2nccc(N)n2n1. The number of nitrogens with two attached hydrogens (primary N) is 1. The number of ether oxygens (including phenoxy) is 1. The Kier molecular flexibility index (Phi) is 1.86. The van der Waals surface area contributed by atoms with E-state index in [1.807, 2.05) is 6.07 Å². The van der Waals surface area contributed by atoms with Gasteiger partial charge in [0.15, 0.2) is 5.65 Å². The zero-order chi connectivity index (χ0) is 9.26. The van der Waals surface area contributed by atoms with E-state index >= 15 is 0 Å². The van der Waals surface area contributed by atoms with Crippen LogP contribution in [-0.2, 0) is 11.3 Å². The Morgan fingerprint density at radius 2 is 2.46 bits per heavy atom. The minimum absolute atomic E-state index is 0.475. The number of hydrogen-bond donors (Lipinski definition) is 1. The zero-order valence-corrected chi connectivity index (χ0v) is 7.27. The number of aromatic nitrogens is 3. The fraction of sp³-hybridized carbons (Fsp3) is 0.250. The van der Waals surface area contributed by atoms with Crippen LogP contribution in [0.4, 0.5) is 5.82 Å². The first-order valence-electron chi connectivity index (χ1n) is 3.89. The molecule has 0 aromatic carbocycles. The van der Waals surface area contributed by atoms with Gasteiger partial charge in [0.05, 0.1) is 12.3 Å². The van der Waals surface area contributed by atoms with E-state index in [9.17, 15) is 0 Å². The standard InChI is InChI=1S/C8H10N4O/c1-13-5-6-4-8-10-3-2-7(9)12(8)11-6/h2-4H,5,9H2,1H3. The first-order valence-corrected chi connectivity index (χ1v) is 3.89. The van der Waals surface area contributed by atoms with Gasteiger partial charge in [-0.2, -0.15) is 9.61 Å². The lowest BCUT2D eigenvalue weighted by Crippen LogP contribution is -1.99. The van der Waals surface area contributed by atoms with Gasteiger partial charge in [0.1, 0.15) is 5.82 Å². The van der Waals surface area contributed by atoms with Gasteiger partial charge in [0.25, 0.3) is 0 Å². The molecule has 0 saturated carbocycles. The van der Waals surface area contributed by atoms with E-state index < -0.39 is 0 Å². The average molecular weight is 178 g/mol. The lowest BCUT2D eigenvalue weighted by Gasteiger charge is -1.95. The van der Waals surface area contributed by atoms with Crippen LogP contribution in [0.1, 0.15) is 5.69 Å². The summed E-state index contributed by atoms with van der Waals surface area (Å²) in [6.07, 6.45) is 1.66. The molecule has 2 aromatic rings. The first kappa shape index (κ1) is 8.00. The van der Waals surface area contributed by atoms with Crippen molar-refractivity contribution < 1.29 is 4.74 Å². The van der Waals surface area contributed by atoms with Crippen LogP contribution < -0.4 is 5.73 Å². The van der Waals surface area contributed by atoms with E-state index in [4.69, 9.17) is 10.5 Å². The van der Waals surface area contributed by atoms with Crippen molar-refractivity contribution in [1.29, 1.82) is 0 Å². The third-order valence-corrected chi connectivity index (χ3v) is 1.73. The van der Waals surface area contributed by atoms with Gasteiger partial charge in [-0.1, -0.05) is 0 Å². The van der Waals surface area contributed by atoms with Gasteiger partial charge in [-0.15, -0.1) is 0 Å². The van der Waals surface area contributed by atoms with Gasteiger partial charge in [0.2, 0.25) is 0 Å². The molecule has 0 amide bonds. The Labute approximate surface area is 75.1 Å². The molecule has 5 nitrogen and oxygen atoms in total. The molecule has 2 N–H and O–H groups in total. The van der Waals surface area contributed by atoms with E-state index in [2.05, 4.69) is 10.1 Å². The van der Waals surface area contributed by atoms with Crippen LogP contribution >= 0.6 is 0 Å². The van der Waals surface area contributed by atoms with E-state index in [-0.39, 0.29) is 0 Å². The van der Waals surface area contributed by atoms with E-state index in [1.54, 1.807) is 23.9 Å². The highest BCUT2D eigenvalue weighted by Crippen LogP contribution is 2.08. The van der Waals surface area contributed by atoms with Crippen LogP contribution in [0, 0.1) is 0 Å². The van der Waals surface area contributed by atoms with Crippen molar-refractivity contribution in [2.75, 3.05) is 12.8 Å². The van der Waals surface area contributed by atoms with Crippen molar-refractivity contribution in [3.05, 3.63) is 24.0 Å². The molecule has 13 heavy (non-hydrogen) atoms. The van der Waals surface area contributed by atoms with Gasteiger partial charge < -0.3 is 10.5 Å². The Morgan fingerprint density at radius 1 is 1.62 bits per heavy atom. The monoisotopic (exact) mass is 178 g/mol. The topological polar surface area (TPSA) is 65.4 Å². The summed E-state index contributed by atoms with van der Waals surface area (Å²) in [5, 5.41) is 4.21. The molecule has 0 fully saturated rings. The summed E-state index contributed by atoms with van der Waals surface area (Å²) in [5.41, 5.74) is 7.25. The van der Waals surface area contributed by atoms with Crippen molar-refractivity contribution in [3.63, 3.8) is 0 Å². The summed E-state index contributed by atoms with van der Waals surface area (Å²) in [7, 11) is 1.63. The van der Waals surface area contributed by atoms with E-state index in [0.29, 0.717) is 12.4 Å².